The summed E-state index contributed by atoms with van der Waals surface area (Å²) in [5, 5.41) is 5.12. The fourth-order valence-corrected chi connectivity index (χ4v) is 0.953. The van der Waals surface area contributed by atoms with Crippen molar-refractivity contribution in [1.29, 1.82) is 0 Å². The zero-order valence-corrected chi connectivity index (χ0v) is 8.56. The Bertz CT molecular complexity index is 321. The van der Waals surface area contributed by atoms with E-state index in [4.69, 9.17) is 0 Å². The molecule has 0 aromatic carbocycles. The van der Waals surface area contributed by atoms with Crippen molar-refractivity contribution in [3.05, 3.63) is 18.7 Å². The second kappa shape index (κ2) is 5.79. The molecule has 0 unspecified atom stereocenters. The van der Waals surface area contributed by atoms with Gasteiger partial charge in [0.25, 0.3) is 0 Å². The molecular formula is C9H14N4O2. The van der Waals surface area contributed by atoms with Gasteiger partial charge in [-0.15, -0.1) is 0 Å². The van der Waals surface area contributed by atoms with E-state index >= 15 is 0 Å². The van der Waals surface area contributed by atoms with Crippen LogP contribution in [0.25, 0.3) is 0 Å². The van der Waals surface area contributed by atoms with E-state index in [1.807, 2.05) is 6.92 Å². The minimum atomic E-state index is -0.362. The first-order chi connectivity index (χ1) is 7.24. The SMILES string of the molecule is CCCNC(=O)CNC(=O)n1ccnc1. The standard InChI is InChI=1S/C9H14N4O2/c1-2-3-11-8(14)6-12-9(15)13-5-4-10-7-13/h4-5,7H,2-3,6H2,1H3,(H,11,14)(H,12,15). The van der Waals surface area contributed by atoms with Gasteiger partial charge in [-0.1, -0.05) is 6.92 Å². The van der Waals surface area contributed by atoms with Crippen LogP contribution in [0.2, 0.25) is 0 Å². The molecule has 15 heavy (non-hydrogen) atoms. The molecule has 1 heterocycles. The van der Waals surface area contributed by atoms with Crippen molar-refractivity contribution >= 4 is 11.9 Å². The van der Waals surface area contributed by atoms with Gasteiger partial charge in [-0.25, -0.2) is 9.78 Å². The van der Waals surface area contributed by atoms with Gasteiger partial charge in [0.2, 0.25) is 5.91 Å². The summed E-state index contributed by atoms with van der Waals surface area (Å²) < 4.78 is 1.27. The highest BCUT2D eigenvalue weighted by Gasteiger charge is 2.05. The normalized spacial score (nSPS) is 9.67. The van der Waals surface area contributed by atoms with Gasteiger partial charge < -0.3 is 10.6 Å². The van der Waals surface area contributed by atoms with Crippen LogP contribution in [0, 0.1) is 0 Å². The molecule has 1 aromatic rings. The van der Waals surface area contributed by atoms with Crippen LogP contribution in [0.1, 0.15) is 13.3 Å². The van der Waals surface area contributed by atoms with Crippen LogP contribution in [0.15, 0.2) is 18.7 Å². The Hall–Kier alpha value is -1.85. The number of hydrogen-bond donors (Lipinski definition) is 2. The quantitative estimate of drug-likeness (QED) is 0.732. The van der Waals surface area contributed by atoms with Crippen molar-refractivity contribution in [3.63, 3.8) is 0 Å². The predicted octanol–water partition coefficient (Wildman–Crippen LogP) is -0.0330. The summed E-state index contributed by atoms with van der Waals surface area (Å²) in [5.74, 6) is -0.190. The number of carbonyl (C=O) groups is 2. The van der Waals surface area contributed by atoms with Crippen molar-refractivity contribution in [2.45, 2.75) is 13.3 Å². The number of aromatic nitrogens is 2. The van der Waals surface area contributed by atoms with Gasteiger partial charge >= 0.3 is 6.03 Å². The molecule has 82 valence electrons. The zero-order chi connectivity index (χ0) is 11.1. The monoisotopic (exact) mass is 210 g/mol. The molecule has 1 aromatic heterocycles. The Morgan fingerprint density at radius 1 is 1.40 bits per heavy atom. The van der Waals surface area contributed by atoms with E-state index in [0.29, 0.717) is 6.54 Å². The molecule has 0 atom stereocenters. The van der Waals surface area contributed by atoms with Gasteiger partial charge in [-0.05, 0) is 6.42 Å². The Labute approximate surface area is 87.7 Å². The molecule has 2 amide bonds. The average molecular weight is 210 g/mol. The van der Waals surface area contributed by atoms with E-state index in [1.165, 1.54) is 23.3 Å². The third-order valence-electron chi connectivity index (χ3n) is 1.71. The van der Waals surface area contributed by atoms with Gasteiger partial charge in [-0.3, -0.25) is 9.36 Å². The van der Waals surface area contributed by atoms with Crippen LogP contribution in [0.4, 0.5) is 4.79 Å². The van der Waals surface area contributed by atoms with Crippen LogP contribution < -0.4 is 10.6 Å². The maximum atomic E-state index is 11.3. The third-order valence-corrected chi connectivity index (χ3v) is 1.71. The van der Waals surface area contributed by atoms with Gasteiger partial charge in [0.05, 0.1) is 6.54 Å². The largest absolute Gasteiger partial charge is 0.355 e. The predicted molar refractivity (Wildman–Crippen MR) is 54.3 cm³/mol. The number of rotatable bonds is 4. The van der Waals surface area contributed by atoms with Crippen molar-refractivity contribution in [1.82, 2.24) is 20.2 Å². The van der Waals surface area contributed by atoms with E-state index in [2.05, 4.69) is 15.6 Å². The van der Waals surface area contributed by atoms with E-state index in [1.54, 1.807) is 0 Å². The van der Waals surface area contributed by atoms with Crippen molar-refractivity contribution in [2.24, 2.45) is 0 Å². The first kappa shape index (κ1) is 11.2. The van der Waals surface area contributed by atoms with Crippen LogP contribution in [0.3, 0.4) is 0 Å². The van der Waals surface area contributed by atoms with Crippen LogP contribution >= 0.6 is 0 Å². The summed E-state index contributed by atoms with van der Waals surface area (Å²) in [6.07, 6.45) is 5.26. The van der Waals surface area contributed by atoms with Crippen LogP contribution in [-0.2, 0) is 4.79 Å². The summed E-state index contributed by atoms with van der Waals surface area (Å²) in [6, 6.07) is -0.362. The van der Waals surface area contributed by atoms with Gasteiger partial charge in [0, 0.05) is 18.9 Å². The average Bonchev–Trinajstić information content (AvgIpc) is 2.76. The van der Waals surface area contributed by atoms with Crippen molar-refractivity contribution in [2.75, 3.05) is 13.1 Å². The highest BCUT2D eigenvalue weighted by molar-refractivity contribution is 5.84. The second-order valence-electron chi connectivity index (χ2n) is 2.98. The molecule has 0 aliphatic rings. The van der Waals surface area contributed by atoms with E-state index < -0.39 is 0 Å². The minimum Gasteiger partial charge on any atom is -0.355 e. The third kappa shape index (κ3) is 3.80. The van der Waals surface area contributed by atoms with Gasteiger partial charge in [0.15, 0.2) is 0 Å². The highest BCUT2D eigenvalue weighted by Crippen LogP contribution is 1.83. The van der Waals surface area contributed by atoms with E-state index in [-0.39, 0.29) is 18.5 Å². The molecule has 6 heteroatoms. The van der Waals surface area contributed by atoms with Gasteiger partial charge in [-0.2, -0.15) is 0 Å². The fourth-order valence-electron chi connectivity index (χ4n) is 0.953. The summed E-state index contributed by atoms with van der Waals surface area (Å²) >= 11 is 0. The molecule has 6 nitrogen and oxygen atoms in total. The lowest BCUT2D eigenvalue weighted by Gasteiger charge is -2.05. The molecule has 0 saturated carbocycles. The number of amides is 2. The maximum absolute atomic E-state index is 11.3. The van der Waals surface area contributed by atoms with Crippen molar-refractivity contribution < 1.29 is 9.59 Å². The molecule has 0 spiro atoms. The van der Waals surface area contributed by atoms with Crippen molar-refractivity contribution in [3.8, 4) is 0 Å². The second-order valence-corrected chi connectivity index (χ2v) is 2.98. The number of hydrogen-bond acceptors (Lipinski definition) is 3. The lowest BCUT2D eigenvalue weighted by Crippen LogP contribution is -2.38. The summed E-state index contributed by atoms with van der Waals surface area (Å²) in [7, 11) is 0. The maximum Gasteiger partial charge on any atom is 0.327 e. The van der Waals surface area contributed by atoms with E-state index in [9.17, 15) is 9.59 Å². The molecule has 0 saturated heterocycles. The molecule has 1 rings (SSSR count). The molecule has 0 bridgehead atoms. The Morgan fingerprint density at radius 2 is 2.20 bits per heavy atom. The smallest absolute Gasteiger partial charge is 0.327 e. The topological polar surface area (TPSA) is 76.0 Å². The first-order valence-corrected chi connectivity index (χ1v) is 4.77. The molecular weight excluding hydrogens is 196 g/mol. The first-order valence-electron chi connectivity index (χ1n) is 4.77. The van der Waals surface area contributed by atoms with Crippen LogP contribution in [-0.4, -0.2) is 34.6 Å². The molecule has 0 radical (unpaired) electrons. The number of carbonyl (C=O) groups excluding carboxylic acids is 2. The minimum absolute atomic E-state index is 0.0169. The molecule has 2 N–H and O–H groups in total. The number of nitrogens with zero attached hydrogens (tertiary/aromatic N) is 2. The van der Waals surface area contributed by atoms with Crippen LogP contribution in [0.5, 0.6) is 0 Å². The Kier molecular flexibility index (Phi) is 4.33. The summed E-state index contributed by atoms with van der Waals surface area (Å²) in [5.41, 5.74) is 0. The van der Waals surface area contributed by atoms with E-state index in [0.717, 1.165) is 6.42 Å². The Morgan fingerprint density at radius 3 is 2.80 bits per heavy atom. The summed E-state index contributed by atoms with van der Waals surface area (Å²) in [4.78, 5) is 26.2. The lowest BCUT2D eigenvalue weighted by atomic mass is 10.4. The molecule has 0 fully saturated rings. The summed E-state index contributed by atoms with van der Waals surface area (Å²) in [6.45, 7) is 2.57. The fraction of sp³-hybridized carbons (Fsp3) is 0.444. The zero-order valence-electron chi connectivity index (χ0n) is 8.56. The van der Waals surface area contributed by atoms with Gasteiger partial charge in [0.1, 0.15) is 6.33 Å². The Balaban J connectivity index is 2.25. The number of imidazole rings is 1. The highest BCUT2D eigenvalue weighted by atomic mass is 16.2. The lowest BCUT2D eigenvalue weighted by molar-refractivity contribution is -0.120. The number of nitrogens with one attached hydrogen (secondary N) is 2. The molecule has 0 aliphatic heterocycles. The molecule has 0 aliphatic carbocycles.